The standard InChI is InChI=1S/C18H21BrO2/c1-11(2)15-7-5-12(3)9-18(15)21-17-8-6-14(13(4)20)10-16(17)19/h5-11,13,20H,1-4H3. The number of ether oxygens (including phenoxy) is 1. The van der Waals surface area contributed by atoms with Gasteiger partial charge in [0.2, 0.25) is 0 Å². The quantitative estimate of drug-likeness (QED) is 0.764. The van der Waals surface area contributed by atoms with Crippen molar-refractivity contribution in [3.8, 4) is 11.5 Å². The van der Waals surface area contributed by atoms with Gasteiger partial charge >= 0.3 is 0 Å². The Hall–Kier alpha value is -1.32. The van der Waals surface area contributed by atoms with Crippen LogP contribution in [0.5, 0.6) is 11.5 Å². The molecule has 0 amide bonds. The Balaban J connectivity index is 2.36. The van der Waals surface area contributed by atoms with Crippen LogP contribution in [0.3, 0.4) is 0 Å². The van der Waals surface area contributed by atoms with Crippen molar-refractivity contribution in [2.24, 2.45) is 0 Å². The number of benzene rings is 2. The predicted molar refractivity (Wildman–Crippen MR) is 90.1 cm³/mol. The van der Waals surface area contributed by atoms with Crippen LogP contribution in [0.25, 0.3) is 0 Å². The molecule has 0 radical (unpaired) electrons. The monoisotopic (exact) mass is 348 g/mol. The molecule has 2 rings (SSSR count). The summed E-state index contributed by atoms with van der Waals surface area (Å²) >= 11 is 3.52. The maximum absolute atomic E-state index is 9.62. The fourth-order valence-electron chi connectivity index (χ4n) is 2.19. The first-order valence-corrected chi connectivity index (χ1v) is 7.93. The minimum atomic E-state index is -0.486. The maximum atomic E-state index is 9.62. The Morgan fingerprint density at radius 1 is 1.00 bits per heavy atom. The molecule has 0 fully saturated rings. The molecule has 0 aromatic heterocycles. The Morgan fingerprint density at radius 3 is 2.29 bits per heavy atom. The van der Waals surface area contributed by atoms with Crippen LogP contribution in [0.2, 0.25) is 0 Å². The number of hydrogen-bond donors (Lipinski definition) is 1. The van der Waals surface area contributed by atoms with Crippen LogP contribution in [0.4, 0.5) is 0 Å². The van der Waals surface area contributed by atoms with E-state index >= 15 is 0 Å². The van der Waals surface area contributed by atoms with Gasteiger partial charge in [-0.25, -0.2) is 0 Å². The van der Waals surface area contributed by atoms with Gasteiger partial charge in [0.1, 0.15) is 11.5 Å². The van der Waals surface area contributed by atoms with Gasteiger partial charge in [0, 0.05) is 0 Å². The van der Waals surface area contributed by atoms with Crippen molar-refractivity contribution in [1.82, 2.24) is 0 Å². The van der Waals surface area contributed by atoms with Gasteiger partial charge in [-0.1, -0.05) is 32.0 Å². The summed E-state index contributed by atoms with van der Waals surface area (Å²) in [5.74, 6) is 2.04. The molecule has 2 nitrogen and oxygen atoms in total. The molecule has 0 aliphatic carbocycles. The van der Waals surface area contributed by atoms with E-state index in [0.717, 1.165) is 21.5 Å². The van der Waals surface area contributed by atoms with Gasteiger partial charge in [-0.3, -0.25) is 0 Å². The number of hydrogen-bond acceptors (Lipinski definition) is 2. The summed E-state index contributed by atoms with van der Waals surface area (Å²) in [6, 6.07) is 11.9. The summed E-state index contributed by atoms with van der Waals surface area (Å²) in [5.41, 5.74) is 3.22. The lowest BCUT2D eigenvalue weighted by Crippen LogP contribution is -1.96. The molecule has 1 N–H and O–H groups in total. The highest BCUT2D eigenvalue weighted by Gasteiger charge is 2.12. The largest absolute Gasteiger partial charge is 0.456 e. The Labute approximate surface area is 134 Å². The van der Waals surface area contributed by atoms with Crippen molar-refractivity contribution >= 4 is 15.9 Å². The summed E-state index contributed by atoms with van der Waals surface area (Å²) in [6.07, 6.45) is -0.486. The van der Waals surface area contributed by atoms with Crippen molar-refractivity contribution in [3.63, 3.8) is 0 Å². The second kappa shape index (κ2) is 6.63. The molecule has 2 aromatic carbocycles. The Kier molecular flexibility index (Phi) is 5.07. The zero-order chi connectivity index (χ0) is 15.6. The van der Waals surface area contributed by atoms with Crippen molar-refractivity contribution in [3.05, 3.63) is 57.6 Å². The lowest BCUT2D eigenvalue weighted by atomic mass is 10.0. The van der Waals surface area contributed by atoms with Crippen molar-refractivity contribution < 1.29 is 9.84 Å². The summed E-state index contributed by atoms with van der Waals surface area (Å²) in [4.78, 5) is 0. The van der Waals surface area contributed by atoms with E-state index in [9.17, 15) is 5.11 Å². The average Bonchev–Trinajstić information content (AvgIpc) is 2.40. The summed E-state index contributed by atoms with van der Waals surface area (Å²) in [5, 5.41) is 9.62. The first-order valence-electron chi connectivity index (χ1n) is 7.14. The van der Waals surface area contributed by atoms with Gasteiger partial charge in [-0.15, -0.1) is 0 Å². The highest BCUT2D eigenvalue weighted by molar-refractivity contribution is 9.10. The fourth-order valence-corrected chi connectivity index (χ4v) is 2.66. The Morgan fingerprint density at radius 2 is 1.71 bits per heavy atom. The molecular formula is C18H21BrO2. The van der Waals surface area contributed by atoms with Crippen LogP contribution < -0.4 is 4.74 Å². The normalized spacial score (nSPS) is 12.5. The van der Waals surface area contributed by atoms with E-state index in [1.54, 1.807) is 6.92 Å². The molecule has 0 heterocycles. The zero-order valence-electron chi connectivity index (χ0n) is 12.9. The molecule has 0 saturated heterocycles. The zero-order valence-corrected chi connectivity index (χ0v) is 14.4. The van der Waals surface area contributed by atoms with Crippen LogP contribution >= 0.6 is 15.9 Å². The van der Waals surface area contributed by atoms with Gasteiger partial charge in [-0.05, 0) is 70.6 Å². The minimum Gasteiger partial charge on any atom is -0.456 e. The third-order valence-electron chi connectivity index (χ3n) is 3.45. The molecule has 3 heteroatoms. The molecule has 21 heavy (non-hydrogen) atoms. The number of aryl methyl sites for hydroxylation is 1. The van der Waals surface area contributed by atoms with Crippen LogP contribution in [0, 0.1) is 6.92 Å². The number of halogens is 1. The highest BCUT2D eigenvalue weighted by Crippen LogP contribution is 2.36. The average molecular weight is 349 g/mol. The third kappa shape index (κ3) is 3.86. The van der Waals surface area contributed by atoms with Crippen molar-refractivity contribution in [2.75, 3.05) is 0 Å². The second-order valence-electron chi connectivity index (χ2n) is 5.66. The first kappa shape index (κ1) is 16.1. The molecule has 0 aliphatic rings. The molecule has 0 aliphatic heterocycles. The van der Waals surface area contributed by atoms with Gasteiger partial charge in [0.15, 0.2) is 0 Å². The molecular weight excluding hydrogens is 328 g/mol. The van der Waals surface area contributed by atoms with Crippen LogP contribution in [0.15, 0.2) is 40.9 Å². The van der Waals surface area contributed by atoms with Crippen LogP contribution in [-0.2, 0) is 0 Å². The number of aliphatic hydroxyl groups is 1. The number of aliphatic hydroxyl groups excluding tert-OH is 1. The van der Waals surface area contributed by atoms with E-state index in [4.69, 9.17) is 4.74 Å². The van der Waals surface area contributed by atoms with Crippen LogP contribution in [-0.4, -0.2) is 5.11 Å². The van der Waals surface area contributed by atoms with Crippen molar-refractivity contribution in [1.29, 1.82) is 0 Å². The number of rotatable bonds is 4. The van der Waals surface area contributed by atoms with Gasteiger partial charge in [0.05, 0.1) is 10.6 Å². The summed E-state index contributed by atoms with van der Waals surface area (Å²) < 4.78 is 6.93. The molecule has 1 atom stereocenters. The highest BCUT2D eigenvalue weighted by atomic mass is 79.9. The third-order valence-corrected chi connectivity index (χ3v) is 4.07. The first-order chi connectivity index (χ1) is 9.88. The Bertz CT molecular complexity index is 633. The topological polar surface area (TPSA) is 29.5 Å². The predicted octanol–water partition coefficient (Wildman–Crippen LogP) is 5.73. The lowest BCUT2D eigenvalue weighted by molar-refractivity contribution is 0.199. The molecule has 0 bridgehead atoms. The molecule has 112 valence electrons. The van der Waals surface area contributed by atoms with Crippen molar-refractivity contribution in [2.45, 2.75) is 39.7 Å². The lowest BCUT2D eigenvalue weighted by Gasteiger charge is -2.16. The maximum Gasteiger partial charge on any atom is 0.141 e. The summed E-state index contributed by atoms with van der Waals surface area (Å²) in [7, 11) is 0. The SMILES string of the molecule is Cc1ccc(C(C)C)c(Oc2ccc(C(C)O)cc2Br)c1. The molecule has 0 spiro atoms. The molecule has 1 unspecified atom stereocenters. The van der Waals surface area contributed by atoms with Gasteiger partial charge in [0.25, 0.3) is 0 Å². The second-order valence-corrected chi connectivity index (χ2v) is 6.52. The summed E-state index contributed by atoms with van der Waals surface area (Å²) in [6.45, 7) is 8.12. The van der Waals surface area contributed by atoms with Gasteiger partial charge in [-0.2, -0.15) is 0 Å². The van der Waals surface area contributed by atoms with E-state index in [2.05, 4.69) is 54.9 Å². The minimum absolute atomic E-state index is 0.399. The van der Waals surface area contributed by atoms with E-state index in [1.807, 2.05) is 18.2 Å². The fraction of sp³-hybridized carbons (Fsp3) is 0.333. The van der Waals surface area contributed by atoms with Crippen LogP contribution in [0.1, 0.15) is 49.5 Å². The van der Waals surface area contributed by atoms with E-state index in [-0.39, 0.29) is 0 Å². The molecule has 0 saturated carbocycles. The van der Waals surface area contributed by atoms with Gasteiger partial charge < -0.3 is 9.84 Å². The van der Waals surface area contributed by atoms with E-state index < -0.39 is 6.10 Å². The van der Waals surface area contributed by atoms with E-state index in [0.29, 0.717) is 5.92 Å². The smallest absolute Gasteiger partial charge is 0.141 e. The molecule has 2 aromatic rings. The van der Waals surface area contributed by atoms with E-state index in [1.165, 1.54) is 11.1 Å².